The van der Waals surface area contributed by atoms with Crippen LogP contribution in [0.25, 0.3) is 0 Å². The smallest absolute Gasteiger partial charge is 0.353 e. The molecule has 35 heavy (non-hydrogen) atoms. The van der Waals surface area contributed by atoms with E-state index >= 15 is 0 Å². The number of fused-ring (bicyclic) bond motifs is 1. The van der Waals surface area contributed by atoms with E-state index in [2.05, 4.69) is 5.43 Å². The molecule has 11 nitrogen and oxygen atoms in total. The van der Waals surface area contributed by atoms with E-state index in [1.807, 2.05) is 6.92 Å². The van der Waals surface area contributed by atoms with Crippen molar-refractivity contribution in [3.63, 3.8) is 0 Å². The summed E-state index contributed by atoms with van der Waals surface area (Å²) in [5.74, 6) is -2.42. The van der Waals surface area contributed by atoms with Crippen molar-refractivity contribution in [2.45, 2.75) is 55.1 Å². The number of amides is 1. The average Bonchev–Trinajstić information content (AvgIpc) is 3.28. The Labute approximate surface area is 207 Å². The Morgan fingerprint density at radius 1 is 1.34 bits per heavy atom. The monoisotopic (exact) mass is 524 g/mol. The lowest BCUT2D eigenvalue weighted by Crippen LogP contribution is -2.63. The molecule has 190 valence electrons. The number of primary sulfonamides is 1. The van der Waals surface area contributed by atoms with E-state index in [4.69, 9.17) is 5.14 Å². The molecule has 1 aromatic rings. The molecule has 0 spiro atoms. The molecule has 13 heteroatoms. The van der Waals surface area contributed by atoms with Crippen molar-refractivity contribution >= 4 is 39.9 Å². The Kier molecular flexibility index (Phi) is 7.10. The number of aliphatic hydroxyl groups is 1. The number of carboxylic acids is 1. The van der Waals surface area contributed by atoms with Crippen molar-refractivity contribution in [1.29, 1.82) is 0 Å². The Morgan fingerprint density at radius 2 is 2.00 bits per heavy atom. The molecule has 2 fully saturated rings. The lowest BCUT2D eigenvalue weighted by molar-refractivity contribution is -0.163. The SMILES string of the molecule is C[C@@H](O)[C@H]1C(=O)N2C(C(=O)O)=C(S[C@H]3C[C@@H](C=O)N(NCc4ccc(S(N)(=O)=O)cc4)C3)[C@H](C)[C@H]12. The van der Waals surface area contributed by atoms with E-state index in [9.17, 15) is 33.0 Å². The number of β-lactam (4-membered cyclic amide) rings is 1. The number of hydrogen-bond donors (Lipinski definition) is 4. The van der Waals surface area contributed by atoms with Gasteiger partial charge in [-0.15, -0.1) is 11.8 Å². The van der Waals surface area contributed by atoms with Gasteiger partial charge >= 0.3 is 5.97 Å². The fourth-order valence-electron chi connectivity index (χ4n) is 5.07. The summed E-state index contributed by atoms with van der Waals surface area (Å²) in [6.45, 7) is 4.22. The first-order valence-electron chi connectivity index (χ1n) is 11.2. The summed E-state index contributed by atoms with van der Waals surface area (Å²) >= 11 is 1.37. The van der Waals surface area contributed by atoms with Gasteiger partial charge in [0.15, 0.2) is 0 Å². The van der Waals surface area contributed by atoms with Crippen LogP contribution in [0.5, 0.6) is 0 Å². The molecule has 4 rings (SSSR count). The number of aliphatic hydroxyl groups excluding tert-OH is 1. The highest BCUT2D eigenvalue weighted by Gasteiger charge is 2.60. The summed E-state index contributed by atoms with van der Waals surface area (Å²) < 4.78 is 22.8. The Bertz CT molecular complexity index is 1170. The second-order valence-electron chi connectivity index (χ2n) is 9.13. The van der Waals surface area contributed by atoms with Gasteiger partial charge in [-0.1, -0.05) is 19.1 Å². The van der Waals surface area contributed by atoms with Crippen LogP contribution in [-0.4, -0.2) is 76.7 Å². The van der Waals surface area contributed by atoms with Crippen molar-refractivity contribution in [3.05, 3.63) is 40.4 Å². The Balaban J connectivity index is 1.44. The lowest BCUT2D eigenvalue weighted by Gasteiger charge is -2.46. The third kappa shape index (κ3) is 4.76. The third-order valence-electron chi connectivity index (χ3n) is 6.81. The largest absolute Gasteiger partial charge is 0.477 e. The normalized spacial score (nSPS) is 29.8. The van der Waals surface area contributed by atoms with Crippen LogP contribution >= 0.6 is 11.8 Å². The summed E-state index contributed by atoms with van der Waals surface area (Å²) in [7, 11) is -3.78. The highest BCUT2D eigenvalue weighted by atomic mass is 32.2. The zero-order valence-electron chi connectivity index (χ0n) is 19.2. The number of hydrogen-bond acceptors (Lipinski definition) is 9. The minimum atomic E-state index is -3.78. The first-order chi connectivity index (χ1) is 16.4. The van der Waals surface area contributed by atoms with Gasteiger partial charge in [-0.05, 0) is 31.0 Å². The number of benzene rings is 1. The van der Waals surface area contributed by atoms with E-state index in [1.54, 1.807) is 17.1 Å². The standard InChI is InChI=1S/C22H28N4O7S2/c1-11-18-17(12(2)28)21(29)26(18)19(22(30)31)20(11)34-15-7-14(10-27)25(9-15)24-8-13-3-5-16(6-4-13)35(23,32)33/h3-6,10-12,14-15,17-18,24,28H,7-9H2,1-2H3,(H,30,31)(H2,23,32,33)/t11-,12-,14+,15+,17-,18-/m1/s1. The first kappa shape index (κ1) is 25.8. The maximum absolute atomic E-state index is 12.5. The molecule has 5 N–H and O–H groups in total. The van der Waals surface area contributed by atoms with Crippen molar-refractivity contribution in [2.24, 2.45) is 17.0 Å². The second-order valence-corrected chi connectivity index (χ2v) is 12.0. The molecular weight excluding hydrogens is 496 g/mol. The number of carbonyl (C=O) groups is 3. The van der Waals surface area contributed by atoms with Gasteiger partial charge in [-0.2, -0.15) is 0 Å². The minimum Gasteiger partial charge on any atom is -0.477 e. The molecule has 3 aliphatic heterocycles. The second kappa shape index (κ2) is 9.64. The number of carboxylic acid groups (broad SMARTS) is 1. The zero-order valence-corrected chi connectivity index (χ0v) is 20.8. The number of nitrogens with two attached hydrogens (primary N) is 1. The molecule has 0 aromatic heterocycles. The molecule has 0 saturated carbocycles. The van der Waals surface area contributed by atoms with Crippen LogP contribution in [0, 0.1) is 11.8 Å². The minimum absolute atomic E-state index is 0.0128. The molecule has 0 unspecified atom stereocenters. The van der Waals surface area contributed by atoms with Gasteiger partial charge in [0, 0.05) is 29.2 Å². The number of thioether (sulfide) groups is 1. The summed E-state index contributed by atoms with van der Waals surface area (Å²) in [5, 5.41) is 26.6. The van der Waals surface area contributed by atoms with Gasteiger partial charge in [0.25, 0.3) is 0 Å². The number of aldehydes is 1. The molecule has 1 amide bonds. The number of aliphatic carboxylic acids is 1. The maximum atomic E-state index is 12.5. The molecule has 3 aliphatic rings. The highest BCUT2D eigenvalue weighted by Crippen LogP contribution is 2.52. The summed E-state index contributed by atoms with van der Waals surface area (Å²) in [6, 6.07) is 5.29. The van der Waals surface area contributed by atoms with Crippen LogP contribution in [0.1, 0.15) is 25.8 Å². The molecule has 0 radical (unpaired) electrons. The number of rotatable bonds is 9. The number of carbonyl (C=O) groups excluding carboxylic acids is 2. The maximum Gasteiger partial charge on any atom is 0.353 e. The number of sulfonamides is 1. The van der Waals surface area contributed by atoms with Crippen LogP contribution < -0.4 is 10.6 Å². The molecule has 0 aliphatic carbocycles. The predicted octanol–water partition coefficient (Wildman–Crippen LogP) is -0.133. The van der Waals surface area contributed by atoms with Crippen LogP contribution in [0.2, 0.25) is 0 Å². The topological polar surface area (TPSA) is 170 Å². The van der Waals surface area contributed by atoms with Crippen LogP contribution in [0.15, 0.2) is 39.8 Å². The van der Waals surface area contributed by atoms with Gasteiger partial charge in [0.05, 0.1) is 29.0 Å². The van der Waals surface area contributed by atoms with Crippen molar-refractivity contribution < 1.29 is 33.0 Å². The van der Waals surface area contributed by atoms with E-state index < -0.39 is 34.1 Å². The van der Waals surface area contributed by atoms with Gasteiger partial charge in [-0.3, -0.25) is 10.2 Å². The molecule has 1 aromatic carbocycles. The molecule has 0 bridgehead atoms. The third-order valence-corrected chi connectivity index (χ3v) is 9.23. The predicted molar refractivity (Wildman–Crippen MR) is 127 cm³/mol. The van der Waals surface area contributed by atoms with E-state index in [0.717, 1.165) is 11.8 Å². The highest BCUT2D eigenvalue weighted by molar-refractivity contribution is 8.03. The average molecular weight is 525 g/mol. The lowest BCUT2D eigenvalue weighted by atomic mass is 9.79. The van der Waals surface area contributed by atoms with E-state index in [-0.39, 0.29) is 33.7 Å². The van der Waals surface area contributed by atoms with Crippen molar-refractivity contribution in [1.82, 2.24) is 15.3 Å². The van der Waals surface area contributed by atoms with Crippen molar-refractivity contribution in [3.8, 4) is 0 Å². The Hall–Kier alpha value is -2.29. The van der Waals surface area contributed by atoms with Crippen LogP contribution in [0.4, 0.5) is 0 Å². The zero-order chi connectivity index (χ0) is 25.7. The number of hydrazine groups is 1. The molecule has 6 atom stereocenters. The van der Waals surface area contributed by atoms with Crippen LogP contribution in [-0.2, 0) is 31.0 Å². The summed E-state index contributed by atoms with van der Waals surface area (Å²) in [6.07, 6.45) is 0.463. The number of nitrogens with zero attached hydrogens (tertiary/aromatic N) is 2. The summed E-state index contributed by atoms with van der Waals surface area (Å²) in [4.78, 5) is 38.2. The van der Waals surface area contributed by atoms with Crippen LogP contribution in [0.3, 0.4) is 0 Å². The van der Waals surface area contributed by atoms with E-state index in [0.29, 0.717) is 24.4 Å². The summed E-state index contributed by atoms with van der Waals surface area (Å²) in [5.41, 5.74) is 3.96. The fraction of sp³-hybridized carbons (Fsp3) is 0.500. The van der Waals surface area contributed by atoms with Gasteiger partial charge < -0.3 is 19.9 Å². The van der Waals surface area contributed by atoms with Crippen molar-refractivity contribution in [2.75, 3.05) is 6.54 Å². The van der Waals surface area contributed by atoms with Gasteiger partial charge in [0.1, 0.15) is 12.0 Å². The fourth-order valence-corrected chi connectivity index (χ4v) is 7.12. The van der Waals surface area contributed by atoms with Gasteiger partial charge in [0.2, 0.25) is 15.9 Å². The molecular formula is C22H28N4O7S2. The molecule has 3 heterocycles. The van der Waals surface area contributed by atoms with Gasteiger partial charge in [-0.25, -0.2) is 23.4 Å². The first-order valence-corrected chi connectivity index (χ1v) is 13.6. The van der Waals surface area contributed by atoms with E-state index in [1.165, 1.54) is 35.7 Å². The quantitative estimate of drug-likeness (QED) is 0.252. The molecule has 2 saturated heterocycles. The Morgan fingerprint density at radius 3 is 2.54 bits per heavy atom. The number of nitrogens with one attached hydrogen (secondary N) is 1.